The number of aromatic nitrogens is 1. The standard InChI is InChI=1S/C23H20F4N4O/c24-19-10-18-20(11-21(19)30-8-1-6-29-7-9-30)31(14-16(12-28)22(18)32)13-15-2-4-17(5-3-15)23(25,26)27/h2-5,10-11,14,29H,1,6-9,13H2. The van der Waals surface area contributed by atoms with E-state index in [0.717, 1.165) is 31.2 Å². The summed E-state index contributed by atoms with van der Waals surface area (Å²) in [6.07, 6.45) is -2.23. The van der Waals surface area contributed by atoms with E-state index < -0.39 is 23.0 Å². The SMILES string of the molecule is N#Cc1cn(Cc2ccc(C(F)(F)F)cc2)c2cc(N3CCCNCC3)c(F)cc2c1=O. The molecule has 0 unspecified atom stereocenters. The number of nitriles is 1. The van der Waals surface area contributed by atoms with E-state index in [2.05, 4.69) is 5.32 Å². The highest BCUT2D eigenvalue weighted by Crippen LogP contribution is 2.30. The van der Waals surface area contributed by atoms with Gasteiger partial charge in [-0.3, -0.25) is 4.79 Å². The Morgan fingerprint density at radius 3 is 2.53 bits per heavy atom. The summed E-state index contributed by atoms with van der Waals surface area (Å²) in [7, 11) is 0. The first-order valence-corrected chi connectivity index (χ1v) is 10.2. The quantitative estimate of drug-likeness (QED) is 0.623. The fourth-order valence-corrected chi connectivity index (χ4v) is 3.93. The van der Waals surface area contributed by atoms with Crippen molar-refractivity contribution in [2.24, 2.45) is 0 Å². The van der Waals surface area contributed by atoms with E-state index in [1.54, 1.807) is 10.6 Å². The van der Waals surface area contributed by atoms with Crippen LogP contribution in [0.5, 0.6) is 0 Å². The van der Waals surface area contributed by atoms with Gasteiger partial charge >= 0.3 is 6.18 Å². The van der Waals surface area contributed by atoms with E-state index in [4.69, 9.17) is 0 Å². The van der Waals surface area contributed by atoms with Gasteiger partial charge in [-0.05, 0) is 42.8 Å². The van der Waals surface area contributed by atoms with Crippen LogP contribution in [0.2, 0.25) is 0 Å². The van der Waals surface area contributed by atoms with Crippen molar-refractivity contribution in [2.45, 2.75) is 19.1 Å². The number of pyridine rings is 1. The van der Waals surface area contributed by atoms with Crippen LogP contribution in [0.1, 0.15) is 23.1 Å². The number of fused-ring (bicyclic) bond motifs is 1. The lowest BCUT2D eigenvalue weighted by Crippen LogP contribution is -2.29. The molecule has 1 N–H and O–H groups in total. The number of hydrogen-bond acceptors (Lipinski definition) is 4. The lowest BCUT2D eigenvalue weighted by Gasteiger charge is -2.24. The van der Waals surface area contributed by atoms with Gasteiger partial charge in [0.15, 0.2) is 0 Å². The second-order valence-electron chi connectivity index (χ2n) is 7.72. The van der Waals surface area contributed by atoms with Crippen molar-refractivity contribution >= 4 is 16.6 Å². The molecular weight excluding hydrogens is 424 g/mol. The first-order chi connectivity index (χ1) is 15.3. The molecule has 0 spiro atoms. The summed E-state index contributed by atoms with van der Waals surface area (Å²) in [6, 6.07) is 9.23. The Balaban J connectivity index is 1.81. The molecule has 1 saturated heterocycles. The monoisotopic (exact) mass is 444 g/mol. The average Bonchev–Trinajstić information content (AvgIpc) is 3.04. The molecule has 0 radical (unpaired) electrons. The maximum absolute atomic E-state index is 15.0. The highest BCUT2D eigenvalue weighted by atomic mass is 19.4. The summed E-state index contributed by atoms with van der Waals surface area (Å²) in [4.78, 5) is 14.6. The summed E-state index contributed by atoms with van der Waals surface area (Å²) in [5.41, 5.74) is -0.168. The van der Waals surface area contributed by atoms with Crippen LogP contribution in [0.3, 0.4) is 0 Å². The van der Waals surface area contributed by atoms with Crippen molar-refractivity contribution in [1.82, 2.24) is 9.88 Å². The number of hydrogen-bond donors (Lipinski definition) is 1. The van der Waals surface area contributed by atoms with Crippen molar-refractivity contribution in [3.05, 3.63) is 75.3 Å². The maximum Gasteiger partial charge on any atom is 0.416 e. The predicted octanol–water partition coefficient (Wildman–Crippen LogP) is 3.88. The van der Waals surface area contributed by atoms with Gasteiger partial charge in [-0.15, -0.1) is 0 Å². The number of benzene rings is 2. The first kappa shape index (κ1) is 21.8. The smallest absolute Gasteiger partial charge is 0.368 e. The molecule has 5 nitrogen and oxygen atoms in total. The first-order valence-electron chi connectivity index (χ1n) is 10.2. The fraction of sp³-hybridized carbons (Fsp3) is 0.304. The molecule has 9 heteroatoms. The van der Waals surface area contributed by atoms with E-state index in [9.17, 15) is 27.6 Å². The number of rotatable bonds is 3. The molecule has 0 aliphatic carbocycles. The van der Waals surface area contributed by atoms with Gasteiger partial charge in [0.25, 0.3) is 0 Å². The lowest BCUT2D eigenvalue weighted by atomic mass is 10.1. The number of nitrogens with zero attached hydrogens (tertiary/aromatic N) is 3. The fourth-order valence-electron chi connectivity index (χ4n) is 3.93. The molecule has 0 bridgehead atoms. The van der Waals surface area contributed by atoms with Crippen LogP contribution in [0, 0.1) is 17.1 Å². The Bertz CT molecular complexity index is 1230. The minimum Gasteiger partial charge on any atom is -0.368 e. The van der Waals surface area contributed by atoms with E-state index in [0.29, 0.717) is 36.4 Å². The number of nitrogens with one attached hydrogen (secondary N) is 1. The van der Waals surface area contributed by atoms with Crippen molar-refractivity contribution in [1.29, 1.82) is 5.26 Å². The van der Waals surface area contributed by atoms with Crippen molar-refractivity contribution < 1.29 is 17.6 Å². The Labute approximate surface area is 181 Å². The molecule has 3 aromatic rings. The van der Waals surface area contributed by atoms with Gasteiger partial charge in [0.05, 0.1) is 22.2 Å². The second-order valence-corrected chi connectivity index (χ2v) is 7.72. The summed E-state index contributed by atoms with van der Waals surface area (Å²) in [5.74, 6) is -0.548. The van der Waals surface area contributed by atoms with Gasteiger partial charge in [-0.2, -0.15) is 18.4 Å². The third-order valence-electron chi connectivity index (χ3n) is 5.58. The van der Waals surface area contributed by atoms with Crippen molar-refractivity contribution in [3.8, 4) is 6.07 Å². The van der Waals surface area contributed by atoms with Crippen LogP contribution in [0.15, 0.2) is 47.4 Å². The number of alkyl halides is 3. The molecule has 1 aliphatic heterocycles. The summed E-state index contributed by atoms with van der Waals surface area (Å²) >= 11 is 0. The van der Waals surface area contributed by atoms with Gasteiger partial charge in [0, 0.05) is 32.4 Å². The van der Waals surface area contributed by atoms with Crippen LogP contribution in [0.4, 0.5) is 23.2 Å². The van der Waals surface area contributed by atoms with Crippen LogP contribution >= 0.6 is 0 Å². The third kappa shape index (κ3) is 4.32. The Morgan fingerprint density at radius 1 is 1.09 bits per heavy atom. The zero-order valence-electron chi connectivity index (χ0n) is 17.0. The molecule has 166 valence electrons. The summed E-state index contributed by atoms with van der Waals surface area (Å²) in [6.45, 7) is 2.89. The van der Waals surface area contributed by atoms with Gasteiger partial charge in [0.2, 0.25) is 5.43 Å². The van der Waals surface area contributed by atoms with Gasteiger partial charge in [0.1, 0.15) is 17.4 Å². The topological polar surface area (TPSA) is 61.1 Å². The lowest BCUT2D eigenvalue weighted by molar-refractivity contribution is -0.137. The van der Waals surface area contributed by atoms with E-state index in [1.165, 1.54) is 18.3 Å². The number of anilines is 1. The van der Waals surface area contributed by atoms with Crippen LogP contribution in [-0.2, 0) is 12.7 Å². The summed E-state index contributed by atoms with van der Waals surface area (Å²) in [5, 5.41) is 12.7. The Morgan fingerprint density at radius 2 is 1.84 bits per heavy atom. The highest BCUT2D eigenvalue weighted by molar-refractivity contribution is 5.84. The van der Waals surface area contributed by atoms with Crippen LogP contribution < -0.4 is 15.6 Å². The molecule has 0 saturated carbocycles. The Hall–Kier alpha value is -3.38. The minimum atomic E-state index is -4.44. The molecular formula is C23H20F4N4O. The largest absolute Gasteiger partial charge is 0.416 e. The number of halogens is 4. The zero-order valence-corrected chi connectivity index (χ0v) is 17.0. The van der Waals surface area contributed by atoms with Gasteiger partial charge < -0.3 is 14.8 Å². The minimum absolute atomic E-state index is 0.0603. The normalized spacial score (nSPS) is 14.9. The van der Waals surface area contributed by atoms with Crippen molar-refractivity contribution in [2.75, 3.05) is 31.1 Å². The van der Waals surface area contributed by atoms with E-state index in [-0.39, 0.29) is 17.5 Å². The molecule has 0 atom stereocenters. The van der Waals surface area contributed by atoms with Crippen molar-refractivity contribution in [3.63, 3.8) is 0 Å². The molecule has 32 heavy (non-hydrogen) atoms. The average molecular weight is 444 g/mol. The molecule has 0 amide bonds. The van der Waals surface area contributed by atoms with Gasteiger partial charge in [-0.25, -0.2) is 4.39 Å². The Kier molecular flexibility index (Phi) is 5.89. The summed E-state index contributed by atoms with van der Waals surface area (Å²) < 4.78 is 55.2. The van der Waals surface area contributed by atoms with Gasteiger partial charge in [-0.1, -0.05) is 12.1 Å². The van der Waals surface area contributed by atoms with Crippen LogP contribution in [-0.4, -0.2) is 30.7 Å². The predicted molar refractivity (Wildman–Crippen MR) is 113 cm³/mol. The third-order valence-corrected chi connectivity index (χ3v) is 5.58. The zero-order chi connectivity index (χ0) is 22.9. The molecule has 1 aromatic heterocycles. The maximum atomic E-state index is 15.0. The highest BCUT2D eigenvalue weighted by Gasteiger charge is 2.30. The molecule has 4 rings (SSSR count). The van der Waals surface area contributed by atoms with Crippen LogP contribution in [0.25, 0.3) is 10.9 Å². The van der Waals surface area contributed by atoms with E-state index >= 15 is 0 Å². The molecule has 1 fully saturated rings. The van der Waals surface area contributed by atoms with E-state index in [1.807, 2.05) is 11.0 Å². The molecule has 2 heterocycles. The molecule has 1 aliphatic rings. The molecule has 2 aromatic carbocycles. The second kappa shape index (κ2) is 8.63.